The van der Waals surface area contributed by atoms with Gasteiger partial charge in [-0.25, -0.2) is 9.59 Å². The molecule has 0 bridgehead atoms. The molecule has 0 aliphatic carbocycles. The first kappa shape index (κ1) is 18.8. The van der Waals surface area contributed by atoms with Crippen LogP contribution in [-0.2, 0) is 9.47 Å². The van der Waals surface area contributed by atoms with Crippen molar-refractivity contribution in [2.24, 2.45) is 0 Å². The number of methoxy groups -OCH3 is 3. The van der Waals surface area contributed by atoms with E-state index in [4.69, 9.17) is 4.74 Å². The molecule has 0 heterocycles. The van der Waals surface area contributed by atoms with E-state index < -0.39 is 17.8 Å². The molecule has 0 aliphatic heterocycles. The molecule has 0 saturated heterocycles. The maximum atomic E-state index is 12.6. The molecule has 0 spiro atoms. The molecule has 2 aromatic carbocycles. The number of rotatable bonds is 5. The molecule has 2 aromatic rings. The van der Waals surface area contributed by atoms with Gasteiger partial charge in [0.2, 0.25) is 0 Å². The largest absolute Gasteiger partial charge is 0.507 e. The molecule has 8 heteroatoms. The molecule has 0 fully saturated rings. The molecule has 0 unspecified atom stereocenters. The van der Waals surface area contributed by atoms with Gasteiger partial charge in [0.05, 0.1) is 38.1 Å². The highest BCUT2D eigenvalue weighted by atomic mass is 16.5. The number of aromatic hydroxyl groups is 1. The van der Waals surface area contributed by atoms with Gasteiger partial charge in [0.15, 0.2) is 0 Å². The van der Waals surface area contributed by atoms with Crippen molar-refractivity contribution >= 4 is 23.5 Å². The molecule has 1 amide bonds. The summed E-state index contributed by atoms with van der Waals surface area (Å²) in [7, 11) is 3.75. The van der Waals surface area contributed by atoms with Gasteiger partial charge in [-0.3, -0.25) is 4.79 Å². The van der Waals surface area contributed by atoms with E-state index in [-0.39, 0.29) is 33.9 Å². The fourth-order valence-corrected chi connectivity index (χ4v) is 2.28. The molecule has 0 radical (unpaired) electrons. The Kier molecular flexibility index (Phi) is 5.79. The Balaban J connectivity index is 2.48. The van der Waals surface area contributed by atoms with Crippen LogP contribution < -0.4 is 10.1 Å². The lowest BCUT2D eigenvalue weighted by atomic mass is 10.1. The number of nitrogens with one attached hydrogen (secondary N) is 1. The third-order valence-corrected chi connectivity index (χ3v) is 3.55. The van der Waals surface area contributed by atoms with E-state index in [0.717, 1.165) is 0 Å². The average Bonchev–Trinajstić information content (AvgIpc) is 2.66. The zero-order valence-corrected chi connectivity index (χ0v) is 14.4. The molecule has 2 N–H and O–H groups in total. The molecule has 26 heavy (non-hydrogen) atoms. The van der Waals surface area contributed by atoms with Gasteiger partial charge in [-0.2, -0.15) is 0 Å². The van der Waals surface area contributed by atoms with E-state index in [1.54, 1.807) is 0 Å². The topological polar surface area (TPSA) is 111 Å². The number of ether oxygens (including phenoxy) is 3. The SMILES string of the molecule is COC(=O)c1ccc(C(=O)OC)c(NC(=O)c2c(O)cccc2OC)c1. The van der Waals surface area contributed by atoms with Gasteiger partial charge in [-0.1, -0.05) is 6.07 Å². The zero-order chi connectivity index (χ0) is 19.3. The van der Waals surface area contributed by atoms with Gasteiger partial charge in [-0.15, -0.1) is 0 Å². The van der Waals surface area contributed by atoms with Crippen LogP contribution in [-0.4, -0.2) is 44.3 Å². The summed E-state index contributed by atoms with van der Waals surface area (Å²) in [6, 6.07) is 8.32. The van der Waals surface area contributed by atoms with E-state index in [1.807, 2.05) is 0 Å². The van der Waals surface area contributed by atoms with Crippen LogP contribution in [0.3, 0.4) is 0 Å². The number of benzene rings is 2. The summed E-state index contributed by atoms with van der Waals surface area (Å²) in [4.78, 5) is 36.3. The highest BCUT2D eigenvalue weighted by Gasteiger charge is 2.21. The fraction of sp³-hybridized carbons (Fsp3) is 0.167. The Labute approximate surface area is 149 Å². The summed E-state index contributed by atoms with van der Waals surface area (Å²) in [5, 5.41) is 12.5. The van der Waals surface area contributed by atoms with Crippen molar-refractivity contribution in [1.82, 2.24) is 0 Å². The number of phenolic OH excluding ortho intramolecular Hbond substituents is 1. The van der Waals surface area contributed by atoms with Gasteiger partial charge < -0.3 is 24.6 Å². The van der Waals surface area contributed by atoms with Gasteiger partial charge >= 0.3 is 11.9 Å². The Hall–Kier alpha value is -3.55. The van der Waals surface area contributed by atoms with Crippen LogP contribution in [0.1, 0.15) is 31.1 Å². The lowest BCUT2D eigenvalue weighted by Crippen LogP contribution is -2.17. The Morgan fingerprint density at radius 3 is 2.27 bits per heavy atom. The third-order valence-electron chi connectivity index (χ3n) is 3.55. The quantitative estimate of drug-likeness (QED) is 0.787. The van der Waals surface area contributed by atoms with Crippen LogP contribution in [0.25, 0.3) is 0 Å². The van der Waals surface area contributed by atoms with Crippen molar-refractivity contribution < 1.29 is 33.7 Å². The summed E-state index contributed by atoms with van der Waals surface area (Å²) in [6.07, 6.45) is 0. The lowest BCUT2D eigenvalue weighted by molar-refractivity contribution is 0.0587. The standard InChI is InChI=1S/C18H17NO7/c1-24-14-6-4-5-13(20)15(14)16(21)19-12-9-10(17(22)25-2)7-8-11(12)18(23)26-3/h4-9,20H,1-3H3,(H,19,21). The first-order valence-corrected chi connectivity index (χ1v) is 7.41. The van der Waals surface area contributed by atoms with E-state index in [9.17, 15) is 19.5 Å². The molecule has 136 valence electrons. The second-order valence-electron chi connectivity index (χ2n) is 5.05. The van der Waals surface area contributed by atoms with E-state index in [2.05, 4.69) is 14.8 Å². The smallest absolute Gasteiger partial charge is 0.339 e. The summed E-state index contributed by atoms with van der Waals surface area (Å²) in [6.45, 7) is 0. The second kappa shape index (κ2) is 8.02. The number of hydrogen-bond acceptors (Lipinski definition) is 7. The first-order chi connectivity index (χ1) is 12.4. The number of anilines is 1. The average molecular weight is 359 g/mol. The van der Waals surface area contributed by atoms with Crippen LogP contribution in [0, 0.1) is 0 Å². The van der Waals surface area contributed by atoms with Crippen molar-refractivity contribution in [2.75, 3.05) is 26.6 Å². The van der Waals surface area contributed by atoms with Gasteiger partial charge in [-0.05, 0) is 30.3 Å². The van der Waals surface area contributed by atoms with Crippen molar-refractivity contribution in [3.8, 4) is 11.5 Å². The van der Waals surface area contributed by atoms with Crippen LogP contribution in [0.4, 0.5) is 5.69 Å². The minimum absolute atomic E-state index is 0.0232. The summed E-state index contributed by atoms with van der Waals surface area (Å²) in [5.74, 6) is -2.23. The molecule has 0 aromatic heterocycles. The number of hydrogen-bond donors (Lipinski definition) is 2. The van der Waals surface area contributed by atoms with Gasteiger partial charge in [0.1, 0.15) is 17.1 Å². The molecule has 0 saturated carbocycles. The van der Waals surface area contributed by atoms with Crippen LogP contribution in [0.5, 0.6) is 11.5 Å². The van der Waals surface area contributed by atoms with Crippen molar-refractivity contribution in [3.05, 3.63) is 53.1 Å². The number of esters is 2. The lowest BCUT2D eigenvalue weighted by Gasteiger charge is -2.13. The Morgan fingerprint density at radius 2 is 1.65 bits per heavy atom. The molecule has 8 nitrogen and oxygen atoms in total. The highest BCUT2D eigenvalue weighted by Crippen LogP contribution is 2.29. The Morgan fingerprint density at radius 1 is 0.962 bits per heavy atom. The second-order valence-corrected chi connectivity index (χ2v) is 5.05. The maximum absolute atomic E-state index is 12.6. The first-order valence-electron chi connectivity index (χ1n) is 7.41. The predicted octanol–water partition coefficient (Wildman–Crippen LogP) is 2.23. The molecule has 0 aliphatic rings. The molecule has 2 rings (SSSR count). The zero-order valence-electron chi connectivity index (χ0n) is 14.4. The van der Waals surface area contributed by atoms with E-state index in [1.165, 1.54) is 57.7 Å². The van der Waals surface area contributed by atoms with Crippen molar-refractivity contribution in [3.63, 3.8) is 0 Å². The van der Waals surface area contributed by atoms with Gasteiger partial charge in [0.25, 0.3) is 5.91 Å². The van der Waals surface area contributed by atoms with Crippen LogP contribution >= 0.6 is 0 Å². The summed E-state index contributed by atoms with van der Waals surface area (Å²) in [5.41, 5.74) is 0.0620. The van der Waals surface area contributed by atoms with Gasteiger partial charge in [0, 0.05) is 0 Å². The number of amides is 1. The summed E-state index contributed by atoms with van der Waals surface area (Å²) < 4.78 is 14.4. The van der Waals surface area contributed by atoms with Crippen LogP contribution in [0.2, 0.25) is 0 Å². The molecule has 0 atom stereocenters. The number of carbonyl (C=O) groups excluding carboxylic acids is 3. The van der Waals surface area contributed by atoms with Crippen LogP contribution in [0.15, 0.2) is 36.4 Å². The van der Waals surface area contributed by atoms with E-state index >= 15 is 0 Å². The Bertz CT molecular complexity index is 861. The van der Waals surface area contributed by atoms with Crippen molar-refractivity contribution in [1.29, 1.82) is 0 Å². The van der Waals surface area contributed by atoms with Crippen molar-refractivity contribution in [2.45, 2.75) is 0 Å². The van der Waals surface area contributed by atoms with E-state index in [0.29, 0.717) is 0 Å². The number of carbonyl (C=O) groups is 3. The predicted molar refractivity (Wildman–Crippen MR) is 91.7 cm³/mol. The minimum atomic E-state index is -0.730. The highest BCUT2D eigenvalue weighted by molar-refractivity contribution is 6.11. The maximum Gasteiger partial charge on any atom is 0.339 e. The molecular weight excluding hydrogens is 342 g/mol. The normalized spacial score (nSPS) is 9.96. The number of phenols is 1. The fourth-order valence-electron chi connectivity index (χ4n) is 2.28. The minimum Gasteiger partial charge on any atom is -0.507 e. The summed E-state index contributed by atoms with van der Waals surface area (Å²) >= 11 is 0. The monoisotopic (exact) mass is 359 g/mol. The molecular formula is C18H17NO7. The third kappa shape index (κ3) is 3.75.